The second kappa shape index (κ2) is 6.46. The number of fused-ring (bicyclic) bond motifs is 1. The van der Waals surface area contributed by atoms with E-state index in [0.717, 1.165) is 31.6 Å². The van der Waals surface area contributed by atoms with Crippen LogP contribution in [0.2, 0.25) is 0 Å². The Labute approximate surface area is 137 Å². The molecule has 1 N–H and O–H groups in total. The number of nitrogens with one attached hydrogen (secondary N) is 1. The number of nitrogens with zero attached hydrogens (tertiary/aromatic N) is 2. The second-order valence-electron chi connectivity index (χ2n) is 6.99. The van der Waals surface area contributed by atoms with Gasteiger partial charge in [-0.05, 0) is 49.9 Å². The van der Waals surface area contributed by atoms with E-state index in [1.165, 1.54) is 43.5 Å². The lowest BCUT2D eigenvalue weighted by molar-refractivity contribution is 0.0722. The molecule has 2 aromatic rings. The molecule has 0 spiro atoms. The molecule has 0 atom stereocenters. The van der Waals surface area contributed by atoms with Crippen LogP contribution in [-0.2, 0) is 19.4 Å². The van der Waals surface area contributed by atoms with Crippen LogP contribution < -0.4 is 5.32 Å². The first-order chi connectivity index (χ1) is 11.4. The van der Waals surface area contributed by atoms with Crippen molar-refractivity contribution in [3.63, 3.8) is 0 Å². The molecule has 0 radical (unpaired) electrons. The largest absolute Gasteiger partial charge is 0.364 e. The standard InChI is InChI=1S/C19H25N3O/c1-4-9-22(10-5-1)19(15-20-14-18-8-11-23-21-18)12-16-6-2-3-7-17(16)13-19/h2-3,6-8,11,20H,1,4-5,9-10,12-15H2. The van der Waals surface area contributed by atoms with Crippen LogP contribution in [0.4, 0.5) is 0 Å². The SMILES string of the molecule is c1ccc2c(c1)CC(CNCc1ccon1)(N1CCCCC1)C2. The molecule has 0 saturated carbocycles. The minimum Gasteiger partial charge on any atom is -0.364 e. The number of hydrogen-bond donors (Lipinski definition) is 1. The number of rotatable bonds is 5. The van der Waals surface area contributed by atoms with Crippen molar-refractivity contribution in [2.75, 3.05) is 19.6 Å². The van der Waals surface area contributed by atoms with Crippen LogP contribution in [0.3, 0.4) is 0 Å². The molecule has 23 heavy (non-hydrogen) atoms. The van der Waals surface area contributed by atoms with Crippen LogP contribution in [0.5, 0.6) is 0 Å². The summed E-state index contributed by atoms with van der Waals surface area (Å²) in [5.74, 6) is 0. The predicted molar refractivity (Wildman–Crippen MR) is 90.2 cm³/mol. The Morgan fingerprint density at radius 1 is 1.04 bits per heavy atom. The van der Waals surface area contributed by atoms with Gasteiger partial charge in [0.2, 0.25) is 0 Å². The topological polar surface area (TPSA) is 41.3 Å². The average Bonchev–Trinajstić information content (AvgIpc) is 3.23. The summed E-state index contributed by atoms with van der Waals surface area (Å²) in [6.45, 7) is 4.26. The van der Waals surface area contributed by atoms with Gasteiger partial charge in [-0.15, -0.1) is 0 Å². The van der Waals surface area contributed by atoms with Gasteiger partial charge in [0.1, 0.15) is 6.26 Å². The highest BCUT2D eigenvalue weighted by atomic mass is 16.5. The minimum atomic E-state index is 0.230. The second-order valence-corrected chi connectivity index (χ2v) is 6.99. The van der Waals surface area contributed by atoms with E-state index in [-0.39, 0.29) is 5.54 Å². The number of piperidine rings is 1. The van der Waals surface area contributed by atoms with Crippen molar-refractivity contribution < 1.29 is 4.52 Å². The van der Waals surface area contributed by atoms with E-state index in [9.17, 15) is 0 Å². The Balaban J connectivity index is 1.50. The Bertz CT molecular complexity index is 607. The molecule has 1 aliphatic carbocycles. The minimum absolute atomic E-state index is 0.230. The first kappa shape index (κ1) is 14.9. The average molecular weight is 311 g/mol. The van der Waals surface area contributed by atoms with Crippen molar-refractivity contribution >= 4 is 0 Å². The monoisotopic (exact) mass is 311 g/mol. The third kappa shape index (κ3) is 3.06. The summed E-state index contributed by atoms with van der Waals surface area (Å²) in [5.41, 5.74) is 4.27. The number of benzene rings is 1. The smallest absolute Gasteiger partial charge is 0.124 e. The first-order valence-electron chi connectivity index (χ1n) is 8.78. The summed E-state index contributed by atoms with van der Waals surface area (Å²) < 4.78 is 4.93. The lowest BCUT2D eigenvalue weighted by atomic mass is 9.90. The van der Waals surface area contributed by atoms with Gasteiger partial charge in [0.05, 0.1) is 5.69 Å². The van der Waals surface area contributed by atoms with Crippen LogP contribution in [0.25, 0.3) is 0 Å². The third-order valence-corrected chi connectivity index (χ3v) is 5.44. The molecule has 1 aliphatic heterocycles. The Morgan fingerprint density at radius 2 is 1.78 bits per heavy atom. The molecule has 1 aromatic heterocycles. The van der Waals surface area contributed by atoms with E-state index in [1.807, 2.05) is 6.07 Å². The van der Waals surface area contributed by atoms with Gasteiger partial charge >= 0.3 is 0 Å². The number of hydrogen-bond acceptors (Lipinski definition) is 4. The van der Waals surface area contributed by atoms with Gasteiger partial charge in [0.25, 0.3) is 0 Å². The molecule has 0 bridgehead atoms. The zero-order chi connectivity index (χ0) is 15.5. The molecule has 4 nitrogen and oxygen atoms in total. The zero-order valence-electron chi connectivity index (χ0n) is 13.6. The maximum Gasteiger partial charge on any atom is 0.124 e. The van der Waals surface area contributed by atoms with Gasteiger partial charge in [0.15, 0.2) is 0 Å². The van der Waals surface area contributed by atoms with E-state index < -0.39 is 0 Å². The molecule has 0 amide bonds. The predicted octanol–water partition coefficient (Wildman–Crippen LogP) is 2.79. The van der Waals surface area contributed by atoms with Gasteiger partial charge in [0, 0.05) is 24.7 Å². The summed E-state index contributed by atoms with van der Waals surface area (Å²) in [4.78, 5) is 2.74. The highest BCUT2D eigenvalue weighted by Crippen LogP contribution is 2.36. The highest BCUT2D eigenvalue weighted by Gasteiger charge is 2.42. The molecule has 2 heterocycles. The Morgan fingerprint density at radius 3 is 2.43 bits per heavy atom. The summed E-state index contributed by atoms with van der Waals surface area (Å²) in [6, 6.07) is 10.9. The van der Waals surface area contributed by atoms with Crippen LogP contribution in [0.15, 0.2) is 41.1 Å². The van der Waals surface area contributed by atoms with Gasteiger partial charge in [-0.1, -0.05) is 35.8 Å². The van der Waals surface area contributed by atoms with E-state index in [0.29, 0.717) is 0 Å². The van der Waals surface area contributed by atoms with Gasteiger partial charge < -0.3 is 9.84 Å². The maximum atomic E-state index is 4.93. The van der Waals surface area contributed by atoms with E-state index in [2.05, 4.69) is 39.6 Å². The fraction of sp³-hybridized carbons (Fsp3) is 0.526. The molecule has 4 rings (SSSR count). The molecule has 1 fully saturated rings. The Kier molecular flexibility index (Phi) is 4.19. The normalized spacial score (nSPS) is 20.5. The highest BCUT2D eigenvalue weighted by molar-refractivity contribution is 5.36. The first-order valence-corrected chi connectivity index (χ1v) is 8.78. The van der Waals surface area contributed by atoms with Gasteiger partial charge in [-0.3, -0.25) is 4.90 Å². The number of aromatic nitrogens is 1. The zero-order valence-corrected chi connectivity index (χ0v) is 13.6. The quantitative estimate of drug-likeness (QED) is 0.922. The van der Waals surface area contributed by atoms with Crippen molar-refractivity contribution in [3.8, 4) is 0 Å². The lowest BCUT2D eigenvalue weighted by Crippen LogP contribution is -2.57. The van der Waals surface area contributed by atoms with Crippen molar-refractivity contribution in [2.24, 2.45) is 0 Å². The molecule has 1 aromatic carbocycles. The molecule has 2 aliphatic rings. The molecule has 1 saturated heterocycles. The number of likely N-dealkylation sites (tertiary alicyclic amines) is 1. The maximum absolute atomic E-state index is 4.93. The van der Waals surface area contributed by atoms with E-state index in [4.69, 9.17) is 4.52 Å². The molecule has 0 unspecified atom stereocenters. The summed E-state index contributed by atoms with van der Waals surface area (Å²) >= 11 is 0. The molecule has 122 valence electrons. The molecule has 4 heteroatoms. The lowest BCUT2D eigenvalue weighted by Gasteiger charge is -2.44. The van der Waals surface area contributed by atoms with Crippen LogP contribution in [0.1, 0.15) is 36.1 Å². The summed E-state index contributed by atoms with van der Waals surface area (Å²) in [6.07, 6.45) is 8.02. The third-order valence-electron chi connectivity index (χ3n) is 5.44. The van der Waals surface area contributed by atoms with Crippen LogP contribution in [0, 0.1) is 0 Å². The Hall–Kier alpha value is -1.65. The van der Waals surface area contributed by atoms with Crippen molar-refractivity contribution in [1.82, 2.24) is 15.4 Å². The van der Waals surface area contributed by atoms with Crippen molar-refractivity contribution in [1.29, 1.82) is 0 Å². The van der Waals surface area contributed by atoms with Gasteiger partial charge in [-0.2, -0.15) is 0 Å². The fourth-order valence-electron chi connectivity index (χ4n) is 4.25. The molecular weight excluding hydrogens is 286 g/mol. The van der Waals surface area contributed by atoms with Crippen molar-refractivity contribution in [3.05, 3.63) is 53.4 Å². The fourth-order valence-corrected chi connectivity index (χ4v) is 4.25. The van der Waals surface area contributed by atoms with Gasteiger partial charge in [-0.25, -0.2) is 0 Å². The van der Waals surface area contributed by atoms with E-state index >= 15 is 0 Å². The van der Waals surface area contributed by atoms with Crippen LogP contribution >= 0.6 is 0 Å². The van der Waals surface area contributed by atoms with Crippen molar-refractivity contribution in [2.45, 2.75) is 44.2 Å². The molecular formula is C19H25N3O. The van der Waals surface area contributed by atoms with E-state index in [1.54, 1.807) is 6.26 Å². The summed E-state index contributed by atoms with van der Waals surface area (Å²) in [5, 5.41) is 7.64. The summed E-state index contributed by atoms with van der Waals surface area (Å²) in [7, 11) is 0. The van der Waals surface area contributed by atoms with Crippen LogP contribution in [-0.4, -0.2) is 35.2 Å².